The predicted octanol–water partition coefficient (Wildman–Crippen LogP) is 13.1. The summed E-state index contributed by atoms with van der Waals surface area (Å²) in [5.41, 5.74) is 7.01. The van der Waals surface area contributed by atoms with Gasteiger partial charge < -0.3 is 19.8 Å². The van der Waals surface area contributed by atoms with Crippen LogP contribution >= 0.6 is 14.5 Å². The van der Waals surface area contributed by atoms with Gasteiger partial charge in [-0.05, 0) is 13.8 Å². The number of carbonyl (C=O) groups is 2. The van der Waals surface area contributed by atoms with E-state index >= 15 is 0 Å². The molecule has 6 fully saturated rings. The minimum Gasteiger partial charge on any atom is 2.00 e. The Labute approximate surface area is 375 Å². The quantitative estimate of drug-likeness (QED) is 0.195. The van der Waals surface area contributed by atoms with Gasteiger partial charge in [-0.3, -0.25) is 0 Å². The number of carboxylic acids is 2. The zero-order valence-corrected chi connectivity index (χ0v) is 43.1. The Morgan fingerprint density at radius 3 is 0.603 bits per heavy atom. The Morgan fingerprint density at radius 1 is 0.414 bits per heavy atom. The molecular formula is C50H95NO4P2Pd. The van der Waals surface area contributed by atoms with Crippen LogP contribution in [0.4, 0.5) is 0 Å². The van der Waals surface area contributed by atoms with Gasteiger partial charge >= 0.3 is 313 Å². The van der Waals surface area contributed by atoms with E-state index < -0.39 is 26.5 Å². The van der Waals surface area contributed by atoms with Gasteiger partial charge in [0.15, 0.2) is 0 Å². The van der Waals surface area contributed by atoms with Crippen LogP contribution in [0, 0.1) is 11.3 Å². The second-order valence-corrected chi connectivity index (χ2v) is 33.2. The fourth-order valence-electron chi connectivity index (χ4n) is 15.2. The van der Waals surface area contributed by atoms with Crippen LogP contribution in [-0.4, -0.2) is 56.2 Å². The molecule has 5 nitrogen and oxygen atoms in total. The fourth-order valence-corrected chi connectivity index (χ4v) is 34.7. The summed E-state index contributed by atoms with van der Waals surface area (Å²) >= 11 is 0. The van der Waals surface area contributed by atoms with Crippen LogP contribution in [-0.2, 0) is 30.0 Å². The molecule has 0 aromatic heterocycles. The van der Waals surface area contributed by atoms with Crippen LogP contribution in [0.15, 0.2) is 0 Å². The van der Waals surface area contributed by atoms with E-state index in [2.05, 4.69) is 41.5 Å². The Kier molecular flexibility index (Phi) is 27.6. The third kappa shape index (κ3) is 16.3. The van der Waals surface area contributed by atoms with E-state index in [9.17, 15) is 0 Å². The van der Waals surface area contributed by atoms with Crippen LogP contribution in [0.5, 0.6) is 0 Å². The molecule has 0 aromatic carbocycles. The Balaban J connectivity index is 0.000000457. The first-order valence-electron chi connectivity index (χ1n) is 24.7. The summed E-state index contributed by atoms with van der Waals surface area (Å²) in [6, 6.07) is 1.75. The Bertz CT molecular complexity index is 956. The van der Waals surface area contributed by atoms with Gasteiger partial charge in [-0.1, -0.05) is 0 Å². The molecule has 0 radical (unpaired) electrons. The second kappa shape index (κ2) is 28.6. The zero-order valence-electron chi connectivity index (χ0n) is 39.6. The van der Waals surface area contributed by atoms with E-state index in [1.807, 2.05) is 0 Å². The summed E-state index contributed by atoms with van der Waals surface area (Å²) in [6.07, 6.45) is 47.1. The van der Waals surface area contributed by atoms with Gasteiger partial charge in [0.1, 0.15) is 0 Å². The molecule has 6 aliphatic carbocycles. The molecule has 0 N–H and O–H groups in total. The average molecular weight is 943 g/mol. The van der Waals surface area contributed by atoms with Gasteiger partial charge in [-0.25, -0.2) is 0 Å². The van der Waals surface area contributed by atoms with Crippen molar-refractivity contribution >= 4 is 26.5 Å². The van der Waals surface area contributed by atoms with Gasteiger partial charge in [-0.15, -0.1) is 0 Å². The summed E-state index contributed by atoms with van der Waals surface area (Å²) in [5, 5.41) is 26.3. The third-order valence-electron chi connectivity index (χ3n) is 16.3. The molecule has 0 bridgehead atoms. The molecule has 6 rings (SSSR count). The fraction of sp³-hybridized carbons (Fsp3) is 0.940. The summed E-state index contributed by atoms with van der Waals surface area (Å²) in [4.78, 5) is 17.8. The predicted molar refractivity (Wildman–Crippen MR) is 250 cm³/mol. The van der Waals surface area contributed by atoms with Crippen LogP contribution < -0.4 is 10.2 Å². The molecule has 0 spiro atoms. The molecule has 58 heavy (non-hydrogen) atoms. The largest absolute Gasteiger partial charge is 2.00 e. The van der Waals surface area contributed by atoms with Gasteiger partial charge in [0.05, 0.1) is 6.07 Å². The first-order chi connectivity index (χ1) is 27.0. The number of carboxylic acid groups (broad SMARTS) is 2. The van der Waals surface area contributed by atoms with E-state index in [1.165, 1.54) is 79.4 Å². The molecule has 6 saturated carbocycles. The van der Waals surface area contributed by atoms with Gasteiger partial charge in [0, 0.05) is 18.9 Å². The van der Waals surface area contributed by atoms with E-state index in [1.54, 1.807) is 160 Å². The van der Waals surface area contributed by atoms with Crippen molar-refractivity contribution in [1.29, 1.82) is 5.26 Å². The monoisotopic (exact) mass is 942 g/mol. The summed E-state index contributed by atoms with van der Waals surface area (Å²) in [6.45, 7) is 19.5. The zero-order chi connectivity index (χ0) is 42.5. The molecule has 8 heteroatoms. The molecule has 0 heterocycles. The molecule has 0 aromatic rings. The van der Waals surface area contributed by atoms with Crippen LogP contribution in [0.2, 0.25) is 0 Å². The molecule has 6 aliphatic rings. The van der Waals surface area contributed by atoms with E-state index in [0.29, 0.717) is 10.3 Å². The van der Waals surface area contributed by atoms with Crippen molar-refractivity contribution in [1.82, 2.24) is 0 Å². The Morgan fingerprint density at radius 2 is 0.517 bits per heavy atom. The first kappa shape index (κ1) is 56.0. The standard InChI is InChI=1S/2C22H43P.C2H3N.2C2H4O2.Pd/c2*1-22(2,3)23(19-13-7-4-8-14-19,20-15-9-5-10-16-20)21-17-11-6-12-18-21;1-2-3;2*1-2(3)4;/h2*19-21,23H,4-18H2,1-3H3;1H3;2*1H3,(H,3,4);/q;;;;;+2/p-2. The molecule has 0 amide bonds. The number of carbonyl (C=O) groups excluding carboxylic acids is 2. The van der Waals surface area contributed by atoms with Gasteiger partial charge in [0.25, 0.3) is 0 Å². The summed E-state index contributed by atoms with van der Waals surface area (Å²) < 4.78 is 0. The van der Waals surface area contributed by atoms with Crippen molar-refractivity contribution in [3.63, 3.8) is 0 Å². The first-order valence-corrected chi connectivity index (χ1v) is 29.1. The van der Waals surface area contributed by atoms with Crippen LogP contribution in [0.25, 0.3) is 0 Å². The smallest absolute Gasteiger partial charge is 2.00 e. The number of rotatable bonds is 6. The maximum atomic E-state index is 8.89. The van der Waals surface area contributed by atoms with Crippen molar-refractivity contribution in [2.75, 3.05) is 0 Å². The van der Waals surface area contributed by atoms with Gasteiger partial charge in [0.2, 0.25) is 0 Å². The molecular weight excluding hydrogens is 847 g/mol. The van der Waals surface area contributed by atoms with E-state index in [0.717, 1.165) is 13.8 Å². The SMILES string of the molecule is CC#N.CC(=O)[O-].CC(=O)[O-].CC(C)(C)[PH](C1CCCCC1)(C1CCCCC1)C1CCCCC1.CC(C)(C)[PH](C1CCCCC1)(C1CCCCC1)C1CCCCC1.[Pd+2]. The summed E-state index contributed by atoms with van der Waals surface area (Å²) in [5.74, 6) is -2.17. The Hall–Kier alpha value is -0.0477. The third-order valence-corrected chi connectivity index (χ3v) is 33.0. The number of nitriles is 1. The average Bonchev–Trinajstić information content (AvgIpc) is 3.17. The number of hydrogen-bond acceptors (Lipinski definition) is 5. The van der Waals surface area contributed by atoms with Crippen molar-refractivity contribution in [2.24, 2.45) is 0 Å². The minimum absolute atomic E-state index is 0. The van der Waals surface area contributed by atoms with Gasteiger partial charge in [-0.2, -0.15) is 5.26 Å². The molecule has 344 valence electrons. The van der Waals surface area contributed by atoms with E-state index in [4.69, 9.17) is 25.1 Å². The number of aliphatic carboxylic acids is 2. The number of nitrogens with zero attached hydrogens (tertiary/aromatic N) is 1. The molecule has 0 saturated heterocycles. The van der Waals surface area contributed by atoms with Crippen molar-refractivity contribution < 1.29 is 40.2 Å². The van der Waals surface area contributed by atoms with Crippen molar-refractivity contribution in [3.05, 3.63) is 0 Å². The minimum atomic E-state index is -1.29. The van der Waals surface area contributed by atoms with Crippen molar-refractivity contribution in [2.45, 2.75) is 299 Å². The normalized spacial score (nSPS) is 23.2. The summed E-state index contributed by atoms with van der Waals surface area (Å²) in [7, 11) is -2.59. The molecule has 0 aliphatic heterocycles. The van der Waals surface area contributed by atoms with Crippen LogP contribution in [0.1, 0.15) is 255 Å². The number of hydrogen-bond donors (Lipinski definition) is 0. The van der Waals surface area contributed by atoms with Crippen molar-refractivity contribution in [3.8, 4) is 6.07 Å². The topological polar surface area (TPSA) is 104 Å². The van der Waals surface area contributed by atoms with Crippen LogP contribution in [0.3, 0.4) is 0 Å². The maximum absolute atomic E-state index is 8.89. The molecule has 0 atom stereocenters. The maximum Gasteiger partial charge on any atom is 2.00 e. The second-order valence-electron chi connectivity index (χ2n) is 21.6. The molecule has 0 unspecified atom stereocenters. The van der Waals surface area contributed by atoms with E-state index in [-0.39, 0.29) is 20.4 Å².